The van der Waals surface area contributed by atoms with Crippen LogP contribution in [0, 0.1) is 6.92 Å². The molecule has 0 atom stereocenters. The maximum atomic E-state index is 14.2. The number of benzene rings is 3. The van der Waals surface area contributed by atoms with Crippen molar-refractivity contribution in [1.82, 2.24) is 14.5 Å². The van der Waals surface area contributed by atoms with E-state index in [-0.39, 0.29) is 12.3 Å². The molecule has 10 nitrogen and oxygen atoms in total. The molecule has 0 saturated heterocycles. The van der Waals surface area contributed by atoms with E-state index in [1.807, 2.05) is 6.92 Å². The lowest BCUT2D eigenvalue weighted by atomic mass is 9.94. The number of fused-ring (bicyclic) bond motifs is 1. The predicted octanol–water partition coefficient (Wildman–Crippen LogP) is 4.72. The van der Waals surface area contributed by atoms with Crippen LogP contribution in [-0.2, 0) is 11.3 Å². The first kappa shape index (κ1) is 27.2. The zero-order chi connectivity index (χ0) is 29.1. The monoisotopic (exact) mass is 552 g/mol. The van der Waals surface area contributed by atoms with Crippen molar-refractivity contribution >= 4 is 22.4 Å². The number of nitrogens with zero attached hydrogens (tertiary/aromatic N) is 3. The second kappa shape index (κ2) is 11.4. The number of esters is 1. The minimum atomic E-state index is -0.697. The van der Waals surface area contributed by atoms with Crippen molar-refractivity contribution in [3.63, 3.8) is 0 Å². The van der Waals surface area contributed by atoms with Gasteiger partial charge in [0.1, 0.15) is 29.5 Å². The standard InChI is InChI=1S/C31H28N4O6/c1-18-26(38-2)13-19(14-27(18)39-3)28-24-10-9-23(41-17-21-16-33-11-12-34-21)15-25(24)30(36)35(29(28)31(37)40-4)22-7-5-20(32)6-8-22/h5-16H,17,32H2,1-4H3. The molecule has 0 bridgehead atoms. The molecule has 3 aromatic carbocycles. The number of nitrogen functional groups attached to an aromatic ring is 1. The molecule has 0 aliphatic carbocycles. The minimum absolute atomic E-state index is 0.0379. The van der Waals surface area contributed by atoms with Crippen LogP contribution in [-0.4, -0.2) is 41.8 Å². The molecule has 0 unspecified atom stereocenters. The molecule has 208 valence electrons. The van der Waals surface area contributed by atoms with E-state index in [1.54, 1.807) is 87.4 Å². The second-order valence-corrected chi connectivity index (χ2v) is 9.15. The number of hydrogen-bond donors (Lipinski definition) is 1. The number of ether oxygens (including phenoxy) is 4. The molecule has 0 amide bonds. The van der Waals surface area contributed by atoms with Gasteiger partial charge in [-0.15, -0.1) is 0 Å². The lowest BCUT2D eigenvalue weighted by molar-refractivity contribution is 0.0591. The SMILES string of the molecule is COC(=O)c1c(-c2cc(OC)c(C)c(OC)c2)c2ccc(OCc3cnccn3)cc2c(=O)n1-c1ccc(N)cc1. The molecule has 41 heavy (non-hydrogen) atoms. The molecule has 0 aliphatic rings. The van der Waals surface area contributed by atoms with Crippen LogP contribution in [0.3, 0.4) is 0 Å². The molecule has 5 aromatic rings. The lowest BCUT2D eigenvalue weighted by Crippen LogP contribution is -2.27. The number of aromatic nitrogens is 3. The zero-order valence-corrected chi connectivity index (χ0v) is 23.0. The number of carbonyl (C=O) groups is 1. The molecule has 10 heteroatoms. The van der Waals surface area contributed by atoms with Crippen molar-refractivity contribution < 1.29 is 23.7 Å². The average molecular weight is 553 g/mol. The fourth-order valence-corrected chi connectivity index (χ4v) is 4.71. The van der Waals surface area contributed by atoms with Crippen LogP contribution >= 0.6 is 0 Å². The van der Waals surface area contributed by atoms with Crippen molar-refractivity contribution in [3.05, 3.63) is 100 Å². The number of rotatable bonds is 8. The van der Waals surface area contributed by atoms with Gasteiger partial charge in [-0.3, -0.25) is 19.3 Å². The molecule has 2 N–H and O–H groups in total. The van der Waals surface area contributed by atoms with E-state index >= 15 is 0 Å². The van der Waals surface area contributed by atoms with Crippen LogP contribution in [0.25, 0.3) is 27.6 Å². The van der Waals surface area contributed by atoms with Gasteiger partial charge in [0, 0.05) is 34.9 Å². The Morgan fingerprint density at radius 3 is 2.24 bits per heavy atom. The molecular weight excluding hydrogens is 524 g/mol. The zero-order valence-electron chi connectivity index (χ0n) is 23.0. The Hall–Kier alpha value is -5.38. The Bertz CT molecular complexity index is 1780. The van der Waals surface area contributed by atoms with Gasteiger partial charge in [0.25, 0.3) is 5.56 Å². The van der Waals surface area contributed by atoms with Gasteiger partial charge in [-0.25, -0.2) is 4.79 Å². The van der Waals surface area contributed by atoms with Crippen molar-refractivity contribution in [2.45, 2.75) is 13.5 Å². The normalized spacial score (nSPS) is 10.8. The first-order chi connectivity index (χ1) is 19.9. The maximum Gasteiger partial charge on any atom is 0.355 e. The topological polar surface area (TPSA) is 128 Å². The van der Waals surface area contributed by atoms with Crippen LogP contribution in [0.15, 0.2) is 78.0 Å². The minimum Gasteiger partial charge on any atom is -0.496 e. The van der Waals surface area contributed by atoms with E-state index in [0.29, 0.717) is 56.2 Å². The summed E-state index contributed by atoms with van der Waals surface area (Å²) >= 11 is 0. The summed E-state index contributed by atoms with van der Waals surface area (Å²) in [5.41, 5.74) is 8.93. The highest BCUT2D eigenvalue weighted by molar-refractivity contribution is 6.07. The first-order valence-electron chi connectivity index (χ1n) is 12.6. The molecule has 0 saturated carbocycles. The summed E-state index contributed by atoms with van der Waals surface area (Å²) in [6.07, 6.45) is 4.76. The van der Waals surface area contributed by atoms with Crippen LogP contribution in [0.5, 0.6) is 17.2 Å². The Morgan fingerprint density at radius 1 is 0.927 bits per heavy atom. The molecule has 0 spiro atoms. The van der Waals surface area contributed by atoms with Gasteiger partial charge < -0.3 is 24.7 Å². The number of anilines is 1. The van der Waals surface area contributed by atoms with E-state index in [4.69, 9.17) is 24.7 Å². The Balaban J connectivity index is 1.84. The van der Waals surface area contributed by atoms with Gasteiger partial charge in [-0.1, -0.05) is 0 Å². The lowest BCUT2D eigenvalue weighted by Gasteiger charge is -2.21. The van der Waals surface area contributed by atoms with Crippen LogP contribution < -0.4 is 25.5 Å². The third-order valence-corrected chi connectivity index (χ3v) is 6.73. The molecular formula is C31H28N4O6. The fourth-order valence-electron chi connectivity index (χ4n) is 4.71. The summed E-state index contributed by atoms with van der Waals surface area (Å²) in [4.78, 5) is 35.9. The molecule has 0 aliphatic heterocycles. The van der Waals surface area contributed by atoms with E-state index in [0.717, 1.165) is 5.56 Å². The van der Waals surface area contributed by atoms with Gasteiger partial charge in [-0.2, -0.15) is 0 Å². The number of nitrogens with two attached hydrogens (primary N) is 1. The molecule has 0 radical (unpaired) electrons. The van der Waals surface area contributed by atoms with Gasteiger partial charge in [-0.05, 0) is 72.5 Å². The van der Waals surface area contributed by atoms with E-state index in [9.17, 15) is 9.59 Å². The van der Waals surface area contributed by atoms with Crippen molar-refractivity contribution in [2.75, 3.05) is 27.1 Å². The average Bonchev–Trinajstić information content (AvgIpc) is 3.01. The van der Waals surface area contributed by atoms with Gasteiger partial charge >= 0.3 is 5.97 Å². The Kier molecular flexibility index (Phi) is 7.55. The largest absolute Gasteiger partial charge is 0.496 e. The third-order valence-electron chi connectivity index (χ3n) is 6.73. The molecule has 0 fully saturated rings. The van der Waals surface area contributed by atoms with Crippen molar-refractivity contribution in [2.24, 2.45) is 0 Å². The smallest absolute Gasteiger partial charge is 0.355 e. The number of carbonyl (C=O) groups excluding carboxylic acids is 1. The summed E-state index contributed by atoms with van der Waals surface area (Å²) in [5.74, 6) is 0.854. The molecule has 2 heterocycles. The van der Waals surface area contributed by atoms with Crippen LogP contribution in [0.4, 0.5) is 5.69 Å². The first-order valence-corrected chi connectivity index (χ1v) is 12.6. The Morgan fingerprint density at radius 2 is 1.63 bits per heavy atom. The van der Waals surface area contributed by atoms with Crippen molar-refractivity contribution in [3.8, 4) is 34.1 Å². The highest BCUT2D eigenvalue weighted by atomic mass is 16.5. The molecule has 5 rings (SSSR count). The quantitative estimate of drug-likeness (QED) is 0.215. The highest BCUT2D eigenvalue weighted by Crippen LogP contribution is 2.40. The van der Waals surface area contributed by atoms with Crippen LogP contribution in [0.2, 0.25) is 0 Å². The number of methoxy groups -OCH3 is 3. The predicted molar refractivity (Wildman–Crippen MR) is 155 cm³/mol. The third kappa shape index (κ3) is 5.14. The van der Waals surface area contributed by atoms with Crippen LogP contribution in [0.1, 0.15) is 21.7 Å². The van der Waals surface area contributed by atoms with E-state index in [2.05, 4.69) is 9.97 Å². The second-order valence-electron chi connectivity index (χ2n) is 9.15. The Labute approximate surface area is 235 Å². The number of pyridine rings is 1. The highest BCUT2D eigenvalue weighted by Gasteiger charge is 2.26. The fraction of sp³-hybridized carbons (Fsp3) is 0.161. The van der Waals surface area contributed by atoms with E-state index in [1.165, 1.54) is 11.7 Å². The van der Waals surface area contributed by atoms with Gasteiger partial charge in [0.2, 0.25) is 0 Å². The summed E-state index contributed by atoms with van der Waals surface area (Å²) in [6, 6.07) is 15.4. The number of hydrogen-bond acceptors (Lipinski definition) is 9. The summed E-state index contributed by atoms with van der Waals surface area (Å²) in [7, 11) is 4.38. The van der Waals surface area contributed by atoms with E-state index < -0.39 is 11.5 Å². The summed E-state index contributed by atoms with van der Waals surface area (Å²) < 4.78 is 23.7. The molecule has 2 aromatic heterocycles. The van der Waals surface area contributed by atoms with Crippen molar-refractivity contribution in [1.29, 1.82) is 0 Å². The van der Waals surface area contributed by atoms with Gasteiger partial charge in [0.15, 0.2) is 0 Å². The van der Waals surface area contributed by atoms with Gasteiger partial charge in [0.05, 0.1) is 38.6 Å². The summed E-state index contributed by atoms with van der Waals surface area (Å²) in [6.45, 7) is 2.03. The summed E-state index contributed by atoms with van der Waals surface area (Å²) in [5, 5.41) is 0.835. The maximum absolute atomic E-state index is 14.2.